The third kappa shape index (κ3) is 26.1. The molecule has 2 N–H and O–H groups in total. The number of rotatable bonds is 41. The third-order valence-corrected chi connectivity index (χ3v) is 24.3. The van der Waals surface area contributed by atoms with Gasteiger partial charge in [0.1, 0.15) is 23.3 Å². The first-order chi connectivity index (χ1) is 69.3. The van der Waals surface area contributed by atoms with Crippen molar-refractivity contribution in [3.8, 4) is 109 Å². The Bertz CT molecular complexity index is 6090. The quantitative estimate of drug-likeness (QED) is 0.00897. The van der Waals surface area contributed by atoms with Gasteiger partial charge in [-0.1, -0.05) is 91.1 Å². The lowest BCUT2D eigenvalue weighted by atomic mass is 9.88. The number of benzene rings is 8. The molecule has 4 aliphatic rings. The van der Waals surface area contributed by atoms with Crippen LogP contribution < -0.4 is 120 Å². The van der Waals surface area contributed by atoms with Crippen LogP contribution in [0, 0.1) is 11.7 Å². The average molecular weight is 2050 g/mol. The molecular formula is C106H130FN6O32P. The molecule has 6 atom stereocenters. The van der Waals surface area contributed by atoms with Gasteiger partial charge in [0.05, 0.1) is 174 Å². The molecule has 38 nitrogen and oxygen atoms in total. The summed E-state index contributed by atoms with van der Waals surface area (Å²) in [5.74, 6) is 2.86. The van der Waals surface area contributed by atoms with Crippen molar-refractivity contribution in [1.82, 2.24) is 10.6 Å². The second kappa shape index (κ2) is 50.3. The Labute approximate surface area is 849 Å². The number of β-lactam (4-membered cyclic amide) rings is 4. The average Bonchev–Trinajstić information content (AvgIpc) is 0.749. The molecule has 0 unspecified atom stereocenters. The fraction of sp³-hybridized carbons (Fsp3) is 0.396. The number of alkyl carbamates (subject to hydrolysis) is 2. The van der Waals surface area contributed by atoms with Crippen molar-refractivity contribution in [3.05, 3.63) is 198 Å². The summed E-state index contributed by atoms with van der Waals surface area (Å²) in [6, 6.07) is 28.8. The summed E-state index contributed by atoms with van der Waals surface area (Å²) in [4.78, 5) is 108. The zero-order valence-corrected chi connectivity index (χ0v) is 88.2. The number of hydrogen-bond donors (Lipinski definition) is 2. The number of halogens is 1. The maximum Gasteiger partial charge on any atom is 0.530 e. The molecule has 40 heteroatoms. The monoisotopic (exact) mass is 2050 g/mol. The fourth-order valence-electron chi connectivity index (χ4n) is 15.6. The van der Waals surface area contributed by atoms with E-state index in [1.165, 1.54) is 148 Å². The van der Waals surface area contributed by atoms with Gasteiger partial charge in [0, 0.05) is 70.8 Å². The number of carbonyl (C=O) groups is 8. The van der Waals surface area contributed by atoms with Crippen molar-refractivity contribution in [2.45, 2.75) is 149 Å². The van der Waals surface area contributed by atoms with Crippen LogP contribution in [0.25, 0.3) is 0 Å². The largest absolute Gasteiger partial charge is 0.530 e. The van der Waals surface area contributed by atoms with E-state index in [1.807, 2.05) is 13.8 Å². The van der Waals surface area contributed by atoms with Gasteiger partial charge < -0.3 is 110 Å². The highest BCUT2D eigenvalue weighted by molar-refractivity contribution is 7.49. The van der Waals surface area contributed by atoms with E-state index in [2.05, 4.69) is 36.9 Å². The van der Waals surface area contributed by atoms with E-state index in [0.29, 0.717) is 155 Å². The second-order valence-corrected chi connectivity index (χ2v) is 36.7. The van der Waals surface area contributed by atoms with Crippen molar-refractivity contribution in [1.29, 1.82) is 0 Å². The van der Waals surface area contributed by atoms with E-state index in [9.17, 15) is 47.3 Å². The van der Waals surface area contributed by atoms with E-state index in [0.717, 1.165) is 12.8 Å². The Morgan fingerprint density at radius 3 is 0.856 bits per heavy atom. The van der Waals surface area contributed by atoms with Crippen molar-refractivity contribution < 1.29 is 156 Å². The van der Waals surface area contributed by atoms with Gasteiger partial charge in [-0.15, -0.1) is 0 Å². The Morgan fingerprint density at radius 2 is 0.603 bits per heavy atom. The van der Waals surface area contributed by atoms with Crippen LogP contribution in [0.5, 0.6) is 109 Å². The second-order valence-electron chi connectivity index (χ2n) is 35.1. The minimum Gasteiger partial charge on any atom is -0.494 e. The summed E-state index contributed by atoms with van der Waals surface area (Å²) < 4.78 is 153. The van der Waals surface area contributed by atoms with Crippen LogP contribution in [-0.4, -0.2) is 198 Å². The highest BCUT2D eigenvalue weighted by Crippen LogP contribution is 2.57. The summed E-state index contributed by atoms with van der Waals surface area (Å²) in [6.45, 7) is 35.5. The number of methoxy groups -OCH3 is 16. The molecule has 0 bridgehead atoms. The van der Waals surface area contributed by atoms with Crippen LogP contribution in [0.4, 0.5) is 36.7 Å². The smallest absolute Gasteiger partial charge is 0.494 e. The van der Waals surface area contributed by atoms with Crippen molar-refractivity contribution in [2.24, 2.45) is 5.92 Å². The minimum absolute atomic E-state index is 0.106. The maximum atomic E-state index is 14.1. The van der Waals surface area contributed by atoms with Crippen LogP contribution in [-0.2, 0) is 51.9 Å². The highest BCUT2D eigenvalue weighted by atomic mass is 31.2. The Balaban J connectivity index is 0.000000219. The first-order valence-electron chi connectivity index (χ1n) is 46.0. The van der Waals surface area contributed by atoms with E-state index in [-0.39, 0.29) is 77.3 Å². The highest BCUT2D eigenvalue weighted by Gasteiger charge is 2.49. The maximum absolute atomic E-state index is 14.1. The first kappa shape index (κ1) is 114. The molecule has 8 aromatic carbocycles. The fourth-order valence-corrected chi connectivity index (χ4v) is 16.8. The number of ether oxygens (including phenoxy) is 20. The summed E-state index contributed by atoms with van der Waals surface area (Å²) >= 11 is 0. The lowest BCUT2D eigenvalue weighted by Crippen LogP contribution is -2.49. The molecule has 0 radical (unpaired) electrons. The third-order valence-electron chi connectivity index (χ3n) is 22.8. The normalized spacial score (nSPS) is 15.5. The Morgan fingerprint density at radius 1 is 0.349 bits per heavy atom. The van der Waals surface area contributed by atoms with E-state index < -0.39 is 85.2 Å². The lowest BCUT2D eigenvalue weighted by molar-refractivity contribution is -0.138. The van der Waals surface area contributed by atoms with Crippen molar-refractivity contribution in [3.63, 3.8) is 0 Å². The number of esters is 2. The molecule has 4 saturated heterocycles. The van der Waals surface area contributed by atoms with Crippen LogP contribution in [0.3, 0.4) is 0 Å². The number of phosphoric ester groups is 1. The molecule has 4 heterocycles. The van der Waals surface area contributed by atoms with Gasteiger partial charge in [-0.2, -0.15) is 0 Å². The Hall–Kier alpha value is -15.2. The van der Waals surface area contributed by atoms with E-state index >= 15 is 0 Å². The molecule has 4 fully saturated rings. The molecule has 12 rings (SSSR count). The van der Waals surface area contributed by atoms with E-state index in [4.69, 9.17) is 108 Å². The van der Waals surface area contributed by atoms with Crippen LogP contribution in [0.2, 0.25) is 0 Å². The summed E-state index contributed by atoms with van der Waals surface area (Å²) in [5.41, 5.74) is 4.51. The SMILES string of the molecule is C=C1C(=O)N(c2cc(OC)c(OC)c(OC)c2)[C@H]1c1ccc(OC)c(F)c1.C=C1C(=O)N(c2cc(OC)c(OC)c(OC)c2)[C@H]1c1ccc(OC)c(OC(=O)[C@@H](NC(=O)OC(C)(C)C)C(C)C)c1.C=C1C(=O)N(c2cc(OC)c(OC)c(OC)c2)[C@H]1c1ccc(OC)c(OC(=O)[C@H](C)NC(=O)OC(C)(C)C)c1.C=C1C(=O)N(c2cc(OC)c(OC)c(OC)c2)[C@H]1c1ccc(OC)c(OP(=O)(OCCCC)OCCCC)c1. The van der Waals surface area contributed by atoms with Gasteiger partial charge in [0.15, 0.2) is 92.1 Å². The number of nitrogens with zero attached hydrogens (tertiary/aromatic N) is 4. The van der Waals surface area contributed by atoms with Crippen LogP contribution in [0.1, 0.15) is 148 Å². The molecule has 0 spiro atoms. The summed E-state index contributed by atoms with van der Waals surface area (Å²) in [5, 5.41) is 5.03. The number of anilines is 4. The van der Waals surface area contributed by atoms with E-state index in [1.54, 1.807) is 169 Å². The zero-order chi connectivity index (χ0) is 108. The number of unbranched alkanes of at least 4 members (excludes halogenated alkanes) is 2. The number of nitrogens with one attached hydrogen (secondary N) is 2. The number of amides is 6. The topological polar surface area (TPSA) is 403 Å². The van der Waals surface area contributed by atoms with Gasteiger partial charge in [0.2, 0.25) is 23.0 Å². The van der Waals surface area contributed by atoms with Crippen LogP contribution in [0.15, 0.2) is 170 Å². The van der Waals surface area contributed by atoms with Crippen molar-refractivity contribution >= 4 is 78.3 Å². The van der Waals surface area contributed by atoms with Gasteiger partial charge in [-0.25, -0.2) is 28.1 Å². The summed E-state index contributed by atoms with van der Waals surface area (Å²) in [7, 11) is 19.7. The van der Waals surface area contributed by atoms with Gasteiger partial charge >= 0.3 is 31.9 Å². The van der Waals surface area contributed by atoms with Gasteiger partial charge in [0.25, 0.3) is 23.6 Å². The van der Waals surface area contributed by atoms with Gasteiger partial charge in [-0.05, 0) is 138 Å². The number of phosphoric acid groups is 1. The molecule has 8 aromatic rings. The zero-order valence-electron chi connectivity index (χ0n) is 87.3. The number of hydrogen-bond acceptors (Lipinski definition) is 32. The standard InChI is InChI=1S/C30H38N2O9.C28H34N2O9.C28H38NO9P.C20H20FNO5/c1-16(2)24(31-29(35)41-30(4,5)6)28(34)40-21-13-18(11-12-20(21)36-7)25-17(3)27(33)32(25)19-14-22(37-8)26(39-10)23(15-19)38-9;1-15-23(30(25(15)31)18-13-21(35-7)24(37-9)22(14-18)36-8)17-10-11-19(34-6)20(12-17)38-26(32)16(2)29-27(33)39-28(3,4)5;1-8-10-14-36-39(31,37-15-11-9-2)38-23-16-20(12-13-22(23)32-4)26-19(3)28(30)29(26)21-17-24(33-5)27(35-7)25(18-21)34-6;1-11-18(12-6-7-15(24-2)14(21)8-12)22(20(11)23)13-9-16(25-3)19(27-5)17(10-13)26-4/h11-16,24-25H,3H2,1-2,4-10H3,(H,31,35);10-14,16,23H,1H2,2-9H3,(H,29,33);12-13,16-18,26H,3,8-11,14-15H2,1-2,4-7H3;6-10,18H,1H2,2-5H3/t24-,25+;16-,23+;26-;18-/m0011/s1. The Kier molecular flexibility index (Phi) is 39.4. The first-order valence-corrected chi connectivity index (χ1v) is 47.5. The van der Waals surface area contributed by atoms with Crippen molar-refractivity contribution in [2.75, 3.05) is 147 Å². The summed E-state index contributed by atoms with van der Waals surface area (Å²) in [6.07, 6.45) is 1.65. The van der Waals surface area contributed by atoms with Crippen LogP contribution >= 0.6 is 7.82 Å². The van der Waals surface area contributed by atoms with Gasteiger partial charge in [-0.3, -0.25) is 47.8 Å². The molecule has 0 aliphatic carbocycles. The minimum atomic E-state index is -3.94. The molecule has 146 heavy (non-hydrogen) atoms. The molecule has 0 saturated carbocycles. The molecule has 0 aromatic heterocycles. The predicted octanol–water partition coefficient (Wildman–Crippen LogP) is 19.0. The molecule has 6 amide bonds. The lowest BCUT2D eigenvalue weighted by Gasteiger charge is -2.43. The predicted molar refractivity (Wildman–Crippen MR) is 542 cm³/mol. The molecule has 788 valence electrons. The number of carbonyl (C=O) groups excluding carboxylic acids is 8. The molecule has 4 aliphatic heterocycles. The molecular weight excluding hydrogens is 1920 g/mol.